The molecule has 3 rings (SSSR count). The Labute approximate surface area is 140 Å². The fourth-order valence-electron chi connectivity index (χ4n) is 2.93. The molecule has 2 aromatic rings. The molecule has 6 nitrogen and oxygen atoms in total. The summed E-state index contributed by atoms with van der Waals surface area (Å²) >= 11 is 0. The summed E-state index contributed by atoms with van der Waals surface area (Å²) in [5, 5.41) is 7.83. The van der Waals surface area contributed by atoms with E-state index in [1.54, 1.807) is 25.1 Å². The van der Waals surface area contributed by atoms with Crippen LogP contribution in [0.4, 0.5) is 4.39 Å². The molecule has 24 heavy (non-hydrogen) atoms. The molecule has 2 heterocycles. The fourth-order valence-corrected chi connectivity index (χ4v) is 4.43. The maximum absolute atomic E-state index is 13.6. The minimum absolute atomic E-state index is 0.0851. The standard InChI is InChI=1S/C16H20FN3O3S/c1-12-18-19-16(23-12)14-6-9-20(10-7-14)24(21,22)11-8-13-4-2-3-5-15(13)17/h2-5,14H,6-11H2,1H3. The van der Waals surface area contributed by atoms with Crippen molar-refractivity contribution in [2.24, 2.45) is 0 Å². The van der Waals surface area contributed by atoms with E-state index in [1.807, 2.05) is 0 Å². The van der Waals surface area contributed by atoms with Crippen LogP contribution in [-0.4, -0.2) is 41.8 Å². The third-order valence-corrected chi connectivity index (χ3v) is 6.20. The van der Waals surface area contributed by atoms with Crippen LogP contribution in [0.3, 0.4) is 0 Å². The van der Waals surface area contributed by atoms with Crippen LogP contribution in [0.5, 0.6) is 0 Å². The highest BCUT2D eigenvalue weighted by molar-refractivity contribution is 7.89. The Kier molecular flexibility index (Phi) is 4.96. The normalized spacial score (nSPS) is 17.2. The zero-order chi connectivity index (χ0) is 17.2. The third-order valence-electron chi connectivity index (χ3n) is 4.33. The van der Waals surface area contributed by atoms with Crippen molar-refractivity contribution in [3.8, 4) is 0 Å². The highest BCUT2D eigenvalue weighted by atomic mass is 32.2. The summed E-state index contributed by atoms with van der Waals surface area (Å²) in [7, 11) is -3.40. The van der Waals surface area contributed by atoms with Crippen LogP contribution >= 0.6 is 0 Å². The molecular weight excluding hydrogens is 333 g/mol. The van der Waals surface area contributed by atoms with E-state index in [-0.39, 0.29) is 23.9 Å². The van der Waals surface area contributed by atoms with Crippen molar-refractivity contribution >= 4 is 10.0 Å². The minimum Gasteiger partial charge on any atom is -0.425 e. The number of aromatic nitrogens is 2. The van der Waals surface area contributed by atoms with Gasteiger partial charge in [0.25, 0.3) is 0 Å². The lowest BCUT2D eigenvalue weighted by atomic mass is 9.98. The van der Waals surface area contributed by atoms with Gasteiger partial charge < -0.3 is 4.42 Å². The predicted octanol–water partition coefficient (Wildman–Crippen LogP) is 2.27. The van der Waals surface area contributed by atoms with Gasteiger partial charge in [-0.05, 0) is 30.9 Å². The maximum Gasteiger partial charge on any atom is 0.219 e. The largest absolute Gasteiger partial charge is 0.425 e. The lowest BCUT2D eigenvalue weighted by molar-refractivity contribution is 0.288. The van der Waals surface area contributed by atoms with Crippen LogP contribution in [0.2, 0.25) is 0 Å². The average molecular weight is 353 g/mol. The molecule has 1 aliphatic rings. The molecule has 0 aliphatic carbocycles. The molecular formula is C16H20FN3O3S. The Hall–Kier alpha value is -1.80. The lowest BCUT2D eigenvalue weighted by Crippen LogP contribution is -2.39. The molecule has 0 atom stereocenters. The summed E-state index contributed by atoms with van der Waals surface area (Å²) in [4.78, 5) is 0. The highest BCUT2D eigenvalue weighted by Gasteiger charge is 2.30. The Morgan fingerprint density at radius 2 is 1.96 bits per heavy atom. The van der Waals surface area contributed by atoms with Crippen molar-refractivity contribution in [2.75, 3.05) is 18.8 Å². The number of piperidine rings is 1. The van der Waals surface area contributed by atoms with Gasteiger partial charge in [0.05, 0.1) is 5.75 Å². The molecule has 1 aromatic heterocycles. The third kappa shape index (κ3) is 3.81. The van der Waals surface area contributed by atoms with Crippen molar-refractivity contribution in [1.29, 1.82) is 0 Å². The first-order valence-corrected chi connectivity index (χ1v) is 9.58. The van der Waals surface area contributed by atoms with E-state index >= 15 is 0 Å². The summed E-state index contributed by atoms with van der Waals surface area (Å²) in [5.74, 6) is 0.751. The van der Waals surface area contributed by atoms with Gasteiger partial charge in [-0.25, -0.2) is 17.1 Å². The van der Waals surface area contributed by atoms with Gasteiger partial charge in [-0.1, -0.05) is 18.2 Å². The Bertz CT molecular complexity index is 798. The van der Waals surface area contributed by atoms with Crippen LogP contribution in [0.25, 0.3) is 0 Å². The number of hydrogen-bond acceptors (Lipinski definition) is 5. The topological polar surface area (TPSA) is 76.3 Å². The molecule has 1 aromatic carbocycles. The molecule has 8 heteroatoms. The van der Waals surface area contributed by atoms with Gasteiger partial charge in [-0.3, -0.25) is 0 Å². The molecule has 0 spiro atoms. The van der Waals surface area contributed by atoms with Gasteiger partial charge in [0.1, 0.15) is 5.82 Å². The second-order valence-electron chi connectivity index (χ2n) is 5.99. The van der Waals surface area contributed by atoms with E-state index in [1.165, 1.54) is 10.4 Å². The Morgan fingerprint density at radius 1 is 1.25 bits per heavy atom. The van der Waals surface area contributed by atoms with Gasteiger partial charge >= 0.3 is 0 Å². The molecule has 0 radical (unpaired) electrons. The van der Waals surface area contributed by atoms with Gasteiger partial charge in [0.15, 0.2) is 0 Å². The predicted molar refractivity (Wildman–Crippen MR) is 86.5 cm³/mol. The SMILES string of the molecule is Cc1nnc(C2CCN(S(=O)(=O)CCc3ccccc3F)CC2)o1. The van der Waals surface area contributed by atoms with Crippen molar-refractivity contribution in [3.05, 3.63) is 47.4 Å². The van der Waals surface area contributed by atoms with Crippen LogP contribution in [0, 0.1) is 12.7 Å². The van der Waals surface area contributed by atoms with E-state index in [2.05, 4.69) is 10.2 Å². The van der Waals surface area contributed by atoms with Crippen molar-refractivity contribution < 1.29 is 17.2 Å². The first-order chi connectivity index (χ1) is 11.5. The zero-order valence-electron chi connectivity index (χ0n) is 13.5. The van der Waals surface area contributed by atoms with E-state index in [4.69, 9.17) is 4.42 Å². The number of hydrogen-bond donors (Lipinski definition) is 0. The smallest absolute Gasteiger partial charge is 0.219 e. The number of benzene rings is 1. The monoisotopic (exact) mass is 353 g/mol. The maximum atomic E-state index is 13.6. The minimum atomic E-state index is -3.40. The summed E-state index contributed by atoms with van der Waals surface area (Å²) in [6.45, 7) is 2.58. The van der Waals surface area contributed by atoms with Gasteiger partial charge in [0, 0.05) is 25.9 Å². The van der Waals surface area contributed by atoms with Crippen molar-refractivity contribution in [2.45, 2.75) is 32.1 Å². The summed E-state index contributed by atoms with van der Waals surface area (Å²) in [5.41, 5.74) is 0.428. The van der Waals surface area contributed by atoms with Crippen LogP contribution in [0.15, 0.2) is 28.7 Å². The number of sulfonamides is 1. The number of nitrogens with zero attached hydrogens (tertiary/aromatic N) is 3. The Balaban J connectivity index is 1.57. The van der Waals surface area contributed by atoms with E-state index in [0.717, 1.165) is 0 Å². The van der Waals surface area contributed by atoms with Gasteiger partial charge in [-0.2, -0.15) is 0 Å². The summed E-state index contributed by atoms with van der Waals surface area (Å²) in [6, 6.07) is 6.27. The molecule has 0 N–H and O–H groups in total. The molecule has 130 valence electrons. The van der Waals surface area contributed by atoms with Crippen LogP contribution < -0.4 is 0 Å². The van der Waals surface area contributed by atoms with Crippen LogP contribution in [0.1, 0.15) is 36.1 Å². The van der Waals surface area contributed by atoms with E-state index < -0.39 is 10.0 Å². The first kappa shape index (κ1) is 17.0. The Morgan fingerprint density at radius 3 is 2.58 bits per heavy atom. The molecule has 1 fully saturated rings. The number of halogens is 1. The average Bonchev–Trinajstić information content (AvgIpc) is 3.01. The number of rotatable bonds is 5. The summed E-state index contributed by atoms with van der Waals surface area (Å²) < 4.78 is 45.5. The molecule has 1 saturated heterocycles. The zero-order valence-corrected chi connectivity index (χ0v) is 14.3. The molecule has 0 saturated carbocycles. The van der Waals surface area contributed by atoms with Gasteiger partial charge in [0.2, 0.25) is 21.8 Å². The fraction of sp³-hybridized carbons (Fsp3) is 0.500. The number of aryl methyl sites for hydroxylation is 2. The van der Waals surface area contributed by atoms with E-state index in [9.17, 15) is 12.8 Å². The molecule has 0 unspecified atom stereocenters. The molecule has 0 bridgehead atoms. The molecule has 1 aliphatic heterocycles. The van der Waals surface area contributed by atoms with Crippen molar-refractivity contribution in [1.82, 2.24) is 14.5 Å². The first-order valence-electron chi connectivity index (χ1n) is 7.97. The quantitative estimate of drug-likeness (QED) is 0.824. The van der Waals surface area contributed by atoms with Crippen molar-refractivity contribution in [3.63, 3.8) is 0 Å². The highest BCUT2D eigenvalue weighted by Crippen LogP contribution is 2.28. The second-order valence-corrected chi connectivity index (χ2v) is 8.08. The molecule has 0 amide bonds. The lowest BCUT2D eigenvalue weighted by Gasteiger charge is -2.29. The van der Waals surface area contributed by atoms with E-state index in [0.29, 0.717) is 43.3 Å². The van der Waals surface area contributed by atoms with Gasteiger partial charge in [-0.15, -0.1) is 10.2 Å². The van der Waals surface area contributed by atoms with Crippen LogP contribution in [-0.2, 0) is 16.4 Å². The summed E-state index contributed by atoms with van der Waals surface area (Å²) in [6.07, 6.45) is 1.49. The second kappa shape index (κ2) is 6.98.